The highest BCUT2D eigenvalue weighted by Crippen LogP contribution is 2.32. The molecule has 0 spiro atoms. The van der Waals surface area contributed by atoms with Crippen molar-refractivity contribution < 1.29 is 13.2 Å². The average Bonchev–Trinajstić information content (AvgIpc) is 2.32. The van der Waals surface area contributed by atoms with Crippen molar-refractivity contribution in [2.45, 2.75) is 6.18 Å². The fraction of sp³-hybridized carbons (Fsp3) is 0.0833. The smallest absolute Gasteiger partial charge is 0.396 e. The van der Waals surface area contributed by atoms with Gasteiger partial charge in [-0.1, -0.05) is 6.07 Å². The van der Waals surface area contributed by atoms with Crippen molar-refractivity contribution in [2.24, 2.45) is 0 Å². The van der Waals surface area contributed by atoms with E-state index in [1.165, 1.54) is 18.3 Å². The van der Waals surface area contributed by atoms with E-state index >= 15 is 0 Å². The molecule has 1 heterocycles. The second-order valence-electron chi connectivity index (χ2n) is 3.79. The van der Waals surface area contributed by atoms with Crippen LogP contribution < -0.4 is 11.1 Å². The first kappa shape index (κ1) is 13.7. The van der Waals surface area contributed by atoms with E-state index in [9.17, 15) is 13.2 Å². The van der Waals surface area contributed by atoms with Gasteiger partial charge in [0.15, 0.2) is 5.82 Å². The van der Waals surface area contributed by atoms with E-state index in [0.717, 1.165) is 12.1 Å². The molecule has 0 amide bonds. The Morgan fingerprint density at radius 2 is 1.95 bits per heavy atom. The average molecular weight is 332 g/mol. The summed E-state index contributed by atoms with van der Waals surface area (Å²) in [6.45, 7) is 0. The van der Waals surface area contributed by atoms with Crippen molar-refractivity contribution in [1.82, 2.24) is 4.98 Å². The summed E-state index contributed by atoms with van der Waals surface area (Å²) >= 11 is 3.20. The van der Waals surface area contributed by atoms with Gasteiger partial charge in [-0.05, 0) is 40.2 Å². The molecule has 0 saturated carbocycles. The number of alkyl halides is 3. The minimum atomic E-state index is -4.38. The number of nitrogens with two attached hydrogens (primary N) is 1. The zero-order valence-electron chi connectivity index (χ0n) is 9.50. The summed E-state index contributed by atoms with van der Waals surface area (Å²) < 4.78 is 38.4. The molecular formula is C12H9BrF3N3. The van der Waals surface area contributed by atoms with E-state index < -0.39 is 11.7 Å². The molecule has 2 rings (SSSR count). The number of nitrogens with one attached hydrogen (secondary N) is 1. The van der Waals surface area contributed by atoms with E-state index in [0.29, 0.717) is 16.0 Å². The van der Waals surface area contributed by atoms with Crippen molar-refractivity contribution in [2.75, 3.05) is 11.1 Å². The van der Waals surface area contributed by atoms with Gasteiger partial charge in [0.25, 0.3) is 0 Å². The Morgan fingerprint density at radius 1 is 1.21 bits per heavy atom. The number of hydrogen-bond acceptors (Lipinski definition) is 3. The predicted octanol–water partition coefficient (Wildman–Crippen LogP) is 4.19. The molecule has 0 fully saturated rings. The lowest BCUT2D eigenvalue weighted by atomic mass is 10.2. The summed E-state index contributed by atoms with van der Waals surface area (Å²) in [6, 6.07) is 6.45. The van der Waals surface area contributed by atoms with Gasteiger partial charge >= 0.3 is 6.18 Å². The normalized spacial score (nSPS) is 11.4. The van der Waals surface area contributed by atoms with Crippen LogP contribution >= 0.6 is 15.9 Å². The molecule has 0 unspecified atom stereocenters. The number of rotatable bonds is 2. The predicted molar refractivity (Wildman–Crippen MR) is 71.1 cm³/mol. The first-order valence-electron chi connectivity index (χ1n) is 5.21. The molecule has 7 heteroatoms. The fourth-order valence-electron chi connectivity index (χ4n) is 1.47. The van der Waals surface area contributed by atoms with Crippen molar-refractivity contribution >= 4 is 33.1 Å². The lowest BCUT2D eigenvalue weighted by Gasteiger charge is -2.11. The van der Waals surface area contributed by atoms with Gasteiger partial charge in [-0.15, -0.1) is 0 Å². The van der Waals surface area contributed by atoms with Gasteiger partial charge in [-0.2, -0.15) is 13.2 Å². The third kappa shape index (κ3) is 3.37. The molecule has 19 heavy (non-hydrogen) atoms. The zero-order chi connectivity index (χ0) is 14.0. The van der Waals surface area contributed by atoms with Crippen molar-refractivity contribution in [3.05, 3.63) is 46.6 Å². The second-order valence-corrected chi connectivity index (χ2v) is 4.71. The number of benzene rings is 1. The maximum absolute atomic E-state index is 12.6. The van der Waals surface area contributed by atoms with Gasteiger partial charge in [0.1, 0.15) is 0 Å². The molecule has 0 aliphatic rings. The third-order valence-corrected chi connectivity index (χ3v) is 2.77. The Bertz CT molecular complexity index is 599. The van der Waals surface area contributed by atoms with Crippen LogP contribution in [-0.2, 0) is 6.18 Å². The highest BCUT2D eigenvalue weighted by molar-refractivity contribution is 9.10. The molecule has 0 aliphatic carbocycles. The van der Waals surface area contributed by atoms with Crippen LogP contribution in [0.3, 0.4) is 0 Å². The van der Waals surface area contributed by atoms with Crippen LogP contribution in [0.5, 0.6) is 0 Å². The van der Waals surface area contributed by atoms with Crippen LogP contribution in [0.25, 0.3) is 0 Å². The van der Waals surface area contributed by atoms with E-state index in [1.807, 2.05) is 0 Å². The van der Waals surface area contributed by atoms with E-state index in [1.54, 1.807) is 6.07 Å². The molecule has 2 aromatic rings. The zero-order valence-corrected chi connectivity index (χ0v) is 11.1. The van der Waals surface area contributed by atoms with E-state index in [-0.39, 0.29) is 5.69 Å². The molecule has 0 aliphatic heterocycles. The van der Waals surface area contributed by atoms with Gasteiger partial charge in [0.05, 0.1) is 11.3 Å². The second kappa shape index (κ2) is 5.08. The molecule has 1 aromatic heterocycles. The fourth-order valence-corrected chi connectivity index (χ4v) is 1.82. The van der Waals surface area contributed by atoms with Crippen molar-refractivity contribution in [1.29, 1.82) is 0 Å². The largest absolute Gasteiger partial charge is 0.416 e. The molecule has 0 saturated heterocycles. The van der Waals surface area contributed by atoms with Crippen molar-refractivity contribution in [3.8, 4) is 0 Å². The summed E-state index contributed by atoms with van der Waals surface area (Å²) in [5.41, 5.74) is 5.60. The van der Waals surface area contributed by atoms with E-state index in [2.05, 4.69) is 26.2 Å². The quantitative estimate of drug-likeness (QED) is 0.867. The first-order valence-corrected chi connectivity index (χ1v) is 6.01. The summed E-state index contributed by atoms with van der Waals surface area (Å²) in [5.74, 6) is 0.308. The molecule has 1 aromatic carbocycles. The van der Waals surface area contributed by atoms with Crippen LogP contribution in [0.2, 0.25) is 0 Å². The number of aromatic nitrogens is 1. The number of nitrogen functional groups attached to an aromatic ring is 1. The van der Waals surface area contributed by atoms with Crippen LogP contribution in [0.1, 0.15) is 5.56 Å². The number of anilines is 3. The highest BCUT2D eigenvalue weighted by atomic mass is 79.9. The minimum absolute atomic E-state index is 0.274. The maximum atomic E-state index is 12.6. The Balaban J connectivity index is 2.29. The van der Waals surface area contributed by atoms with Gasteiger partial charge in [0, 0.05) is 16.4 Å². The Kier molecular flexibility index (Phi) is 3.66. The SMILES string of the molecule is Nc1cc(Br)cnc1Nc1cccc(C(F)(F)F)c1. The summed E-state index contributed by atoms with van der Waals surface area (Å²) in [5, 5.41) is 2.75. The van der Waals surface area contributed by atoms with E-state index in [4.69, 9.17) is 5.73 Å². The third-order valence-electron chi connectivity index (χ3n) is 2.34. The van der Waals surface area contributed by atoms with Crippen LogP contribution in [0.15, 0.2) is 41.0 Å². The molecule has 0 atom stereocenters. The molecular weight excluding hydrogens is 323 g/mol. The van der Waals surface area contributed by atoms with Gasteiger partial charge in [-0.25, -0.2) is 4.98 Å². The lowest BCUT2D eigenvalue weighted by Crippen LogP contribution is -2.06. The molecule has 0 radical (unpaired) electrons. The van der Waals surface area contributed by atoms with Crippen LogP contribution in [0.4, 0.5) is 30.4 Å². The number of halogens is 4. The number of pyridine rings is 1. The minimum Gasteiger partial charge on any atom is -0.396 e. The molecule has 3 N–H and O–H groups in total. The summed E-state index contributed by atoms with van der Waals surface area (Å²) in [6.07, 6.45) is -2.87. The van der Waals surface area contributed by atoms with Crippen LogP contribution in [0, 0.1) is 0 Å². The summed E-state index contributed by atoms with van der Waals surface area (Å²) in [7, 11) is 0. The Morgan fingerprint density at radius 3 is 2.58 bits per heavy atom. The Hall–Kier alpha value is -1.76. The number of hydrogen-bond donors (Lipinski definition) is 2. The number of nitrogens with zero attached hydrogens (tertiary/aromatic N) is 1. The first-order chi connectivity index (χ1) is 8.86. The summed E-state index contributed by atoms with van der Waals surface area (Å²) in [4.78, 5) is 4.00. The van der Waals surface area contributed by atoms with Gasteiger partial charge in [-0.3, -0.25) is 0 Å². The lowest BCUT2D eigenvalue weighted by molar-refractivity contribution is -0.137. The maximum Gasteiger partial charge on any atom is 0.416 e. The monoisotopic (exact) mass is 331 g/mol. The molecule has 100 valence electrons. The van der Waals surface area contributed by atoms with Crippen molar-refractivity contribution in [3.63, 3.8) is 0 Å². The van der Waals surface area contributed by atoms with Gasteiger partial charge in [0.2, 0.25) is 0 Å². The molecule has 3 nitrogen and oxygen atoms in total. The highest BCUT2D eigenvalue weighted by Gasteiger charge is 2.30. The standard InChI is InChI=1S/C12H9BrF3N3/c13-8-5-10(17)11(18-6-8)19-9-3-1-2-7(4-9)12(14,15)16/h1-6H,17H2,(H,18,19). The van der Waals surface area contributed by atoms with Gasteiger partial charge < -0.3 is 11.1 Å². The topological polar surface area (TPSA) is 50.9 Å². The molecule has 0 bridgehead atoms. The van der Waals surface area contributed by atoms with Crippen LogP contribution in [-0.4, -0.2) is 4.98 Å². The Labute approximate surface area is 115 Å².